The van der Waals surface area contributed by atoms with E-state index >= 15 is 0 Å². The van der Waals surface area contributed by atoms with Gasteiger partial charge in [-0.3, -0.25) is 14.3 Å². The van der Waals surface area contributed by atoms with E-state index in [1.54, 1.807) is 6.92 Å². The number of nitrogens with zero attached hydrogens (tertiary/aromatic N) is 1. The third-order valence-electron chi connectivity index (χ3n) is 3.53. The summed E-state index contributed by atoms with van der Waals surface area (Å²) in [6.07, 6.45) is 1.60. The number of aromatic nitrogens is 2. The Balaban J connectivity index is 1.77. The number of benzene rings is 1. The van der Waals surface area contributed by atoms with Gasteiger partial charge in [0.05, 0.1) is 5.75 Å². The SMILES string of the molecule is CC(NS(=O)(=O)CCCOCn1ccc(=O)[nH]c1=O)c1cccc(Br)c1. The van der Waals surface area contributed by atoms with Crippen LogP contribution in [0.2, 0.25) is 0 Å². The van der Waals surface area contributed by atoms with Crippen molar-refractivity contribution < 1.29 is 13.2 Å². The molecule has 142 valence electrons. The first-order valence-corrected chi connectivity index (χ1v) is 10.3. The molecular formula is C16H20BrN3O5S. The van der Waals surface area contributed by atoms with Gasteiger partial charge in [-0.05, 0) is 31.0 Å². The van der Waals surface area contributed by atoms with Crippen molar-refractivity contribution in [1.29, 1.82) is 0 Å². The lowest BCUT2D eigenvalue weighted by Gasteiger charge is -2.15. The molecule has 0 saturated carbocycles. The first-order chi connectivity index (χ1) is 12.3. The highest BCUT2D eigenvalue weighted by atomic mass is 79.9. The van der Waals surface area contributed by atoms with E-state index in [2.05, 4.69) is 25.6 Å². The zero-order chi connectivity index (χ0) is 19.2. The number of hydrogen-bond acceptors (Lipinski definition) is 5. The van der Waals surface area contributed by atoms with Gasteiger partial charge in [-0.2, -0.15) is 0 Å². The van der Waals surface area contributed by atoms with Crippen LogP contribution in [0.4, 0.5) is 0 Å². The molecule has 2 N–H and O–H groups in total. The Morgan fingerprint density at radius 2 is 2.08 bits per heavy atom. The molecule has 0 bridgehead atoms. The molecule has 1 aromatic heterocycles. The molecule has 0 aliphatic rings. The lowest BCUT2D eigenvalue weighted by molar-refractivity contribution is 0.0744. The van der Waals surface area contributed by atoms with Gasteiger partial charge in [0.15, 0.2) is 0 Å². The number of halogens is 1. The second-order valence-corrected chi connectivity index (χ2v) is 8.47. The minimum absolute atomic E-state index is 0.0580. The highest BCUT2D eigenvalue weighted by Crippen LogP contribution is 2.18. The van der Waals surface area contributed by atoms with E-state index in [0.717, 1.165) is 10.0 Å². The maximum atomic E-state index is 12.2. The minimum atomic E-state index is -3.46. The molecule has 0 saturated heterocycles. The standard InChI is InChI=1S/C16H20BrN3O5S/c1-12(13-4-2-5-14(17)10-13)19-26(23,24)9-3-8-25-11-20-7-6-15(21)18-16(20)22/h2,4-7,10,12,19H,3,8-9,11H2,1H3,(H,18,21,22). The Labute approximate surface area is 159 Å². The van der Waals surface area contributed by atoms with Crippen molar-refractivity contribution in [2.45, 2.75) is 26.1 Å². The molecule has 26 heavy (non-hydrogen) atoms. The summed E-state index contributed by atoms with van der Waals surface area (Å²) in [7, 11) is -3.46. The van der Waals surface area contributed by atoms with E-state index < -0.39 is 21.3 Å². The van der Waals surface area contributed by atoms with Gasteiger partial charge in [0.2, 0.25) is 10.0 Å². The zero-order valence-corrected chi connectivity index (χ0v) is 16.5. The predicted octanol–water partition coefficient (Wildman–Crippen LogP) is 1.34. The van der Waals surface area contributed by atoms with Crippen LogP contribution in [0.5, 0.6) is 0 Å². The second-order valence-electron chi connectivity index (χ2n) is 5.68. The summed E-state index contributed by atoms with van der Waals surface area (Å²) < 4.78 is 34.3. The summed E-state index contributed by atoms with van der Waals surface area (Å²) in [5, 5.41) is 0. The van der Waals surface area contributed by atoms with Crippen LogP contribution in [0.15, 0.2) is 50.6 Å². The molecule has 0 aliphatic carbocycles. The van der Waals surface area contributed by atoms with E-state index in [4.69, 9.17) is 4.74 Å². The number of rotatable bonds is 9. The summed E-state index contributed by atoms with van der Waals surface area (Å²) in [4.78, 5) is 24.5. The molecule has 2 rings (SSSR count). The smallest absolute Gasteiger partial charge is 0.330 e. The number of sulfonamides is 1. The van der Waals surface area contributed by atoms with Crippen molar-refractivity contribution in [1.82, 2.24) is 14.3 Å². The van der Waals surface area contributed by atoms with Crippen molar-refractivity contribution in [2.24, 2.45) is 0 Å². The summed E-state index contributed by atoms with van der Waals surface area (Å²) in [6, 6.07) is 8.29. The van der Waals surface area contributed by atoms with Crippen molar-refractivity contribution >= 4 is 26.0 Å². The largest absolute Gasteiger partial charge is 0.361 e. The summed E-state index contributed by atoms with van der Waals surface area (Å²) >= 11 is 3.36. The van der Waals surface area contributed by atoms with Gasteiger partial charge in [-0.15, -0.1) is 0 Å². The monoisotopic (exact) mass is 445 g/mol. The highest BCUT2D eigenvalue weighted by molar-refractivity contribution is 9.10. The van der Waals surface area contributed by atoms with Gasteiger partial charge in [-0.1, -0.05) is 28.1 Å². The van der Waals surface area contributed by atoms with Crippen LogP contribution in [0.1, 0.15) is 24.9 Å². The van der Waals surface area contributed by atoms with Crippen LogP contribution in [-0.4, -0.2) is 30.3 Å². The first kappa shape index (κ1) is 20.6. The van der Waals surface area contributed by atoms with Crippen LogP contribution in [0, 0.1) is 0 Å². The van der Waals surface area contributed by atoms with Crippen LogP contribution < -0.4 is 16.0 Å². The summed E-state index contributed by atoms with van der Waals surface area (Å²) in [6.45, 7) is 1.88. The molecule has 1 atom stereocenters. The fraction of sp³-hybridized carbons (Fsp3) is 0.375. The quantitative estimate of drug-likeness (QED) is 0.565. The molecule has 1 aromatic carbocycles. The molecule has 8 nitrogen and oxygen atoms in total. The molecule has 0 radical (unpaired) electrons. The van der Waals surface area contributed by atoms with E-state index in [1.165, 1.54) is 16.8 Å². The first-order valence-electron chi connectivity index (χ1n) is 7.90. The molecule has 0 aliphatic heterocycles. The molecule has 0 amide bonds. The van der Waals surface area contributed by atoms with E-state index in [1.807, 2.05) is 24.3 Å². The Bertz CT molecular complexity index is 955. The number of aromatic amines is 1. The van der Waals surface area contributed by atoms with Crippen LogP contribution in [0.3, 0.4) is 0 Å². The Morgan fingerprint density at radius 1 is 1.31 bits per heavy atom. The fourth-order valence-electron chi connectivity index (χ4n) is 2.23. The van der Waals surface area contributed by atoms with Gasteiger partial charge in [0.1, 0.15) is 6.73 Å². The van der Waals surface area contributed by atoms with Gasteiger partial charge >= 0.3 is 5.69 Å². The van der Waals surface area contributed by atoms with Crippen molar-refractivity contribution in [3.63, 3.8) is 0 Å². The molecule has 0 spiro atoms. The van der Waals surface area contributed by atoms with Gasteiger partial charge in [0, 0.05) is 29.4 Å². The molecule has 1 heterocycles. The van der Waals surface area contributed by atoms with Gasteiger partial charge in [0.25, 0.3) is 5.56 Å². The Morgan fingerprint density at radius 3 is 2.77 bits per heavy atom. The predicted molar refractivity (Wildman–Crippen MR) is 101 cm³/mol. The van der Waals surface area contributed by atoms with Crippen molar-refractivity contribution in [3.05, 3.63) is 67.4 Å². The maximum absolute atomic E-state index is 12.2. The lowest BCUT2D eigenvalue weighted by atomic mass is 10.1. The minimum Gasteiger partial charge on any atom is -0.361 e. The van der Waals surface area contributed by atoms with Gasteiger partial charge in [-0.25, -0.2) is 17.9 Å². The Kier molecular flexibility index (Phi) is 7.33. The maximum Gasteiger partial charge on any atom is 0.330 e. The third kappa shape index (κ3) is 6.52. The fourth-order valence-corrected chi connectivity index (χ4v) is 3.94. The van der Waals surface area contributed by atoms with Crippen LogP contribution in [0.25, 0.3) is 0 Å². The van der Waals surface area contributed by atoms with Crippen molar-refractivity contribution in [2.75, 3.05) is 12.4 Å². The molecule has 10 heteroatoms. The van der Waals surface area contributed by atoms with Crippen molar-refractivity contribution in [3.8, 4) is 0 Å². The number of ether oxygens (including phenoxy) is 1. The van der Waals surface area contributed by atoms with E-state index in [9.17, 15) is 18.0 Å². The average molecular weight is 446 g/mol. The van der Waals surface area contributed by atoms with Gasteiger partial charge < -0.3 is 4.74 Å². The van der Waals surface area contributed by atoms with E-state index in [-0.39, 0.29) is 31.6 Å². The van der Waals surface area contributed by atoms with Crippen LogP contribution in [-0.2, 0) is 21.5 Å². The molecule has 0 fully saturated rings. The Hall–Kier alpha value is -1.75. The summed E-state index contributed by atoms with van der Waals surface area (Å²) in [5.41, 5.74) is -0.200. The number of H-pyrrole nitrogens is 1. The topological polar surface area (TPSA) is 110 Å². The highest BCUT2D eigenvalue weighted by Gasteiger charge is 2.15. The second kappa shape index (κ2) is 9.26. The lowest BCUT2D eigenvalue weighted by Crippen LogP contribution is -2.30. The zero-order valence-electron chi connectivity index (χ0n) is 14.1. The third-order valence-corrected chi connectivity index (χ3v) is 5.57. The van der Waals surface area contributed by atoms with E-state index in [0.29, 0.717) is 0 Å². The molecule has 1 unspecified atom stereocenters. The normalized spacial score (nSPS) is 12.8. The van der Waals surface area contributed by atoms with Crippen LogP contribution >= 0.6 is 15.9 Å². The average Bonchev–Trinajstić information content (AvgIpc) is 2.56. The molecule has 2 aromatic rings. The number of nitrogens with one attached hydrogen (secondary N) is 2. The molecular weight excluding hydrogens is 426 g/mol. The summed E-state index contributed by atoms with van der Waals surface area (Å²) in [5.74, 6) is -0.0914. The number of hydrogen-bond donors (Lipinski definition) is 2.